The zero-order chi connectivity index (χ0) is 14.8. The molecule has 1 aliphatic rings. The molecule has 0 radical (unpaired) electrons. The number of carbonyl (C=O) groups is 1. The van der Waals surface area contributed by atoms with E-state index in [1.165, 1.54) is 0 Å². The fourth-order valence-corrected chi connectivity index (χ4v) is 2.66. The number of rotatable bonds is 2. The zero-order valence-corrected chi connectivity index (χ0v) is 12.4. The normalized spacial score (nSPS) is 18.3. The quantitative estimate of drug-likeness (QED) is 0.774. The molecule has 20 heavy (non-hydrogen) atoms. The first-order valence-corrected chi connectivity index (χ1v) is 7.04. The minimum absolute atomic E-state index is 0.0919. The third-order valence-electron chi connectivity index (χ3n) is 3.93. The van der Waals surface area contributed by atoms with Crippen molar-refractivity contribution in [2.75, 3.05) is 13.2 Å². The van der Waals surface area contributed by atoms with Crippen molar-refractivity contribution in [3.63, 3.8) is 0 Å². The summed E-state index contributed by atoms with van der Waals surface area (Å²) in [4.78, 5) is 12.6. The Morgan fingerprint density at radius 3 is 2.40 bits per heavy atom. The Morgan fingerprint density at radius 1 is 1.25 bits per heavy atom. The zero-order valence-electron chi connectivity index (χ0n) is 12.4. The van der Waals surface area contributed by atoms with Gasteiger partial charge in [-0.2, -0.15) is 5.26 Å². The SMILES string of the molecule is CC(C)(C)C(=O)c1ccccc1C1(C#N)CCOCC1. The van der Waals surface area contributed by atoms with Crippen LogP contribution in [-0.2, 0) is 10.2 Å². The summed E-state index contributed by atoms with van der Waals surface area (Å²) in [5, 5.41) is 9.69. The Kier molecular flexibility index (Phi) is 3.96. The van der Waals surface area contributed by atoms with Gasteiger partial charge in [0.1, 0.15) is 0 Å². The van der Waals surface area contributed by atoms with Crippen LogP contribution in [-0.4, -0.2) is 19.0 Å². The van der Waals surface area contributed by atoms with Gasteiger partial charge < -0.3 is 4.74 Å². The number of carbonyl (C=O) groups excluding carboxylic acids is 1. The van der Waals surface area contributed by atoms with Crippen LogP contribution in [0.1, 0.15) is 49.5 Å². The third-order valence-corrected chi connectivity index (χ3v) is 3.93. The van der Waals surface area contributed by atoms with E-state index in [1.54, 1.807) is 0 Å². The Morgan fingerprint density at radius 2 is 1.85 bits per heavy atom. The smallest absolute Gasteiger partial charge is 0.168 e. The Labute approximate surface area is 120 Å². The Hall–Kier alpha value is -1.66. The molecule has 3 heteroatoms. The highest BCUT2D eigenvalue weighted by molar-refractivity contribution is 6.01. The van der Waals surface area contributed by atoms with E-state index in [0.717, 1.165) is 5.56 Å². The van der Waals surface area contributed by atoms with Crippen molar-refractivity contribution in [3.8, 4) is 6.07 Å². The molecule has 1 aromatic rings. The fourth-order valence-electron chi connectivity index (χ4n) is 2.66. The van der Waals surface area contributed by atoms with Gasteiger partial charge in [-0.25, -0.2) is 0 Å². The summed E-state index contributed by atoms with van der Waals surface area (Å²) in [5.41, 5.74) is 0.516. The average Bonchev–Trinajstić information content (AvgIpc) is 2.46. The molecule has 1 heterocycles. The molecule has 1 fully saturated rings. The van der Waals surface area contributed by atoms with E-state index in [2.05, 4.69) is 6.07 Å². The summed E-state index contributed by atoms with van der Waals surface area (Å²) in [7, 11) is 0. The van der Waals surface area contributed by atoms with Crippen LogP contribution in [0, 0.1) is 16.7 Å². The van der Waals surface area contributed by atoms with Gasteiger partial charge in [0.2, 0.25) is 0 Å². The van der Waals surface area contributed by atoms with Gasteiger partial charge in [0.15, 0.2) is 5.78 Å². The molecule has 0 saturated carbocycles. The minimum atomic E-state index is -0.588. The largest absolute Gasteiger partial charge is 0.381 e. The highest BCUT2D eigenvalue weighted by Crippen LogP contribution is 2.37. The summed E-state index contributed by atoms with van der Waals surface area (Å²) in [6.07, 6.45) is 1.30. The maximum Gasteiger partial charge on any atom is 0.168 e. The third kappa shape index (κ3) is 2.62. The van der Waals surface area contributed by atoms with Crippen LogP contribution in [0.15, 0.2) is 24.3 Å². The predicted molar refractivity (Wildman–Crippen MR) is 77.6 cm³/mol. The van der Waals surface area contributed by atoms with E-state index in [4.69, 9.17) is 4.74 Å². The van der Waals surface area contributed by atoms with E-state index in [9.17, 15) is 10.1 Å². The topological polar surface area (TPSA) is 50.1 Å². The first kappa shape index (κ1) is 14.7. The van der Waals surface area contributed by atoms with E-state index in [1.807, 2.05) is 45.0 Å². The predicted octanol–water partition coefficient (Wildman–Crippen LogP) is 3.49. The summed E-state index contributed by atoms with van der Waals surface area (Å²) in [5.74, 6) is 0.0919. The molecule has 1 aliphatic heterocycles. The number of hydrogen-bond donors (Lipinski definition) is 0. The molecular weight excluding hydrogens is 250 g/mol. The van der Waals surface area contributed by atoms with Gasteiger partial charge in [0.05, 0.1) is 11.5 Å². The van der Waals surface area contributed by atoms with Crippen molar-refractivity contribution in [1.29, 1.82) is 5.26 Å². The number of nitrogens with zero attached hydrogens (tertiary/aromatic N) is 1. The molecule has 0 aliphatic carbocycles. The summed E-state index contributed by atoms with van der Waals surface area (Å²) < 4.78 is 5.38. The number of hydrogen-bond acceptors (Lipinski definition) is 3. The molecule has 0 spiro atoms. The van der Waals surface area contributed by atoms with Gasteiger partial charge in [-0.3, -0.25) is 4.79 Å². The number of benzene rings is 1. The molecule has 0 aromatic heterocycles. The maximum atomic E-state index is 12.6. The van der Waals surface area contributed by atoms with Crippen LogP contribution < -0.4 is 0 Å². The fraction of sp³-hybridized carbons (Fsp3) is 0.529. The van der Waals surface area contributed by atoms with Gasteiger partial charge in [-0.05, 0) is 18.4 Å². The van der Waals surface area contributed by atoms with Gasteiger partial charge in [0.25, 0.3) is 0 Å². The molecule has 106 valence electrons. The number of Topliss-reactive ketones (excluding diaryl/α,β-unsaturated/α-hetero) is 1. The molecule has 0 N–H and O–H groups in total. The lowest BCUT2D eigenvalue weighted by Gasteiger charge is -2.33. The lowest BCUT2D eigenvalue weighted by Crippen LogP contribution is -2.35. The van der Waals surface area contributed by atoms with Gasteiger partial charge in [-0.1, -0.05) is 45.0 Å². The van der Waals surface area contributed by atoms with E-state index >= 15 is 0 Å². The molecule has 3 nitrogen and oxygen atoms in total. The first-order chi connectivity index (χ1) is 9.41. The summed E-state index contributed by atoms with van der Waals surface area (Å²) in [6.45, 7) is 6.89. The van der Waals surface area contributed by atoms with Gasteiger partial charge in [-0.15, -0.1) is 0 Å². The van der Waals surface area contributed by atoms with Crippen molar-refractivity contribution in [2.24, 2.45) is 5.41 Å². The molecule has 0 atom stereocenters. The first-order valence-electron chi connectivity index (χ1n) is 7.04. The molecule has 1 saturated heterocycles. The number of ether oxygens (including phenoxy) is 1. The van der Waals surface area contributed by atoms with Crippen LogP contribution >= 0.6 is 0 Å². The van der Waals surface area contributed by atoms with Crippen LogP contribution in [0.4, 0.5) is 0 Å². The monoisotopic (exact) mass is 271 g/mol. The second-order valence-electron chi connectivity index (χ2n) is 6.43. The van der Waals surface area contributed by atoms with Crippen LogP contribution in [0.2, 0.25) is 0 Å². The average molecular weight is 271 g/mol. The number of nitriles is 1. The van der Waals surface area contributed by atoms with Crippen molar-refractivity contribution >= 4 is 5.78 Å². The molecular formula is C17H21NO2. The molecule has 0 unspecified atom stereocenters. The van der Waals surface area contributed by atoms with Crippen LogP contribution in [0.25, 0.3) is 0 Å². The van der Waals surface area contributed by atoms with Gasteiger partial charge in [0, 0.05) is 24.2 Å². The van der Waals surface area contributed by atoms with Crippen molar-refractivity contribution < 1.29 is 9.53 Å². The van der Waals surface area contributed by atoms with Gasteiger partial charge >= 0.3 is 0 Å². The Balaban J connectivity index is 2.52. The van der Waals surface area contributed by atoms with E-state index in [-0.39, 0.29) is 5.78 Å². The van der Waals surface area contributed by atoms with E-state index < -0.39 is 10.8 Å². The van der Waals surface area contributed by atoms with Crippen LogP contribution in [0.5, 0.6) is 0 Å². The van der Waals surface area contributed by atoms with Crippen molar-refractivity contribution in [2.45, 2.75) is 39.0 Å². The lowest BCUT2D eigenvalue weighted by molar-refractivity contribution is 0.0664. The summed E-state index contributed by atoms with van der Waals surface area (Å²) >= 11 is 0. The molecule has 1 aromatic carbocycles. The van der Waals surface area contributed by atoms with E-state index in [0.29, 0.717) is 31.6 Å². The Bertz CT molecular complexity index is 543. The second-order valence-corrected chi connectivity index (χ2v) is 6.43. The molecule has 0 amide bonds. The van der Waals surface area contributed by atoms with Crippen molar-refractivity contribution in [3.05, 3.63) is 35.4 Å². The molecule has 0 bridgehead atoms. The maximum absolute atomic E-state index is 12.6. The van der Waals surface area contributed by atoms with Crippen molar-refractivity contribution in [1.82, 2.24) is 0 Å². The minimum Gasteiger partial charge on any atom is -0.381 e. The second kappa shape index (κ2) is 5.38. The highest BCUT2D eigenvalue weighted by atomic mass is 16.5. The molecule has 2 rings (SSSR count). The lowest BCUT2D eigenvalue weighted by atomic mass is 9.71. The van der Waals surface area contributed by atoms with Crippen LogP contribution in [0.3, 0.4) is 0 Å². The highest BCUT2D eigenvalue weighted by Gasteiger charge is 2.38. The standard InChI is InChI=1S/C17H21NO2/c1-16(2,3)15(19)13-6-4-5-7-14(13)17(12-18)8-10-20-11-9-17/h4-7H,8-11H2,1-3H3. The summed E-state index contributed by atoms with van der Waals surface area (Å²) in [6, 6.07) is 9.99. The number of ketones is 1.